The predicted molar refractivity (Wildman–Crippen MR) is 36.9 cm³/mol. The minimum Gasteiger partial charge on any atom is -0.188 e. The number of alkyl halides is 6. The van der Waals surface area contributed by atoms with Crippen LogP contribution in [0.25, 0.3) is 0 Å². The first-order chi connectivity index (χ1) is 4.63. The first-order valence-electron chi connectivity index (χ1n) is 2.15. The van der Waals surface area contributed by atoms with Crippen LogP contribution in [-0.4, -0.2) is 11.0 Å². The summed E-state index contributed by atoms with van der Waals surface area (Å²) in [6, 6.07) is 0. The van der Waals surface area contributed by atoms with Crippen LogP contribution in [0.3, 0.4) is 0 Å². The molecular formula is C4HBr2F5. The summed E-state index contributed by atoms with van der Waals surface area (Å²) in [4.78, 5) is -3.66. The second-order valence-corrected chi connectivity index (χ2v) is 3.38. The lowest BCUT2D eigenvalue weighted by Crippen LogP contribution is -2.10. The molecule has 0 aliphatic heterocycles. The number of allylic oxidation sites excluding steroid dienone is 2. The van der Waals surface area contributed by atoms with E-state index in [-0.39, 0.29) is 0 Å². The molecule has 0 fully saturated rings. The standard InChI is InChI=1S/C4HBr2F5/c5-2(4(6,10)11)1-3(7,8)9/h1H/b2-1-. The molecule has 0 spiro atoms. The average Bonchev–Trinajstić information content (AvgIpc) is 1.56. The van der Waals surface area contributed by atoms with Crippen LogP contribution in [0.1, 0.15) is 0 Å². The first kappa shape index (κ1) is 11.4. The molecule has 0 atom stereocenters. The van der Waals surface area contributed by atoms with Gasteiger partial charge in [0.25, 0.3) is 0 Å². The number of rotatable bonds is 1. The van der Waals surface area contributed by atoms with Gasteiger partial charge in [0.15, 0.2) is 0 Å². The fraction of sp³-hybridized carbons (Fsp3) is 0.500. The Balaban J connectivity index is 4.49. The van der Waals surface area contributed by atoms with Gasteiger partial charge in [-0.15, -0.1) is 0 Å². The van der Waals surface area contributed by atoms with Gasteiger partial charge in [-0.05, 0) is 31.9 Å². The summed E-state index contributed by atoms with van der Waals surface area (Å²) in [6.07, 6.45) is -5.27. The number of halogens is 7. The van der Waals surface area contributed by atoms with Gasteiger partial charge in [0.2, 0.25) is 0 Å². The van der Waals surface area contributed by atoms with Crippen LogP contribution in [0, 0.1) is 0 Å². The van der Waals surface area contributed by atoms with Crippen molar-refractivity contribution in [1.29, 1.82) is 0 Å². The van der Waals surface area contributed by atoms with Crippen molar-refractivity contribution >= 4 is 31.9 Å². The SMILES string of the molecule is FC(F)(F)/C=C(\Br)C(F)(F)Br. The van der Waals surface area contributed by atoms with E-state index in [1.165, 1.54) is 0 Å². The maximum atomic E-state index is 11.9. The van der Waals surface area contributed by atoms with Gasteiger partial charge in [-0.3, -0.25) is 0 Å². The monoisotopic (exact) mass is 302 g/mol. The molecule has 0 amide bonds. The van der Waals surface area contributed by atoms with Crippen LogP contribution in [0.15, 0.2) is 10.6 Å². The molecule has 0 aromatic rings. The zero-order chi connectivity index (χ0) is 9.28. The van der Waals surface area contributed by atoms with Crippen molar-refractivity contribution in [2.75, 3.05) is 0 Å². The molecular weight excluding hydrogens is 303 g/mol. The number of hydrogen-bond donors (Lipinski definition) is 0. The predicted octanol–water partition coefficient (Wildman–Crippen LogP) is 3.82. The van der Waals surface area contributed by atoms with Crippen molar-refractivity contribution in [3.05, 3.63) is 10.6 Å². The van der Waals surface area contributed by atoms with E-state index in [2.05, 4.69) is 15.9 Å². The highest BCUT2D eigenvalue weighted by Gasteiger charge is 2.34. The lowest BCUT2D eigenvalue weighted by molar-refractivity contribution is -0.0811. The summed E-state index contributed by atoms with van der Waals surface area (Å²) in [7, 11) is 0. The molecule has 0 nitrogen and oxygen atoms in total. The van der Waals surface area contributed by atoms with Gasteiger partial charge in [-0.25, -0.2) is 0 Å². The van der Waals surface area contributed by atoms with Crippen molar-refractivity contribution in [3.63, 3.8) is 0 Å². The Morgan fingerprint density at radius 3 is 1.55 bits per heavy atom. The minimum absolute atomic E-state index is 0.526. The molecule has 7 heteroatoms. The summed E-state index contributed by atoms with van der Waals surface area (Å²) >= 11 is 3.83. The third-order valence-electron chi connectivity index (χ3n) is 0.561. The zero-order valence-corrected chi connectivity index (χ0v) is 7.90. The van der Waals surface area contributed by atoms with E-state index in [0.29, 0.717) is 0 Å². The van der Waals surface area contributed by atoms with Crippen molar-refractivity contribution < 1.29 is 22.0 Å². The van der Waals surface area contributed by atoms with Gasteiger partial charge < -0.3 is 0 Å². The summed E-state index contributed by atoms with van der Waals surface area (Å²) < 4.78 is 56.8. The van der Waals surface area contributed by atoms with Crippen molar-refractivity contribution in [3.8, 4) is 0 Å². The molecule has 0 radical (unpaired) electrons. The third-order valence-corrected chi connectivity index (χ3v) is 2.25. The first-order valence-corrected chi connectivity index (χ1v) is 3.74. The highest BCUT2D eigenvalue weighted by atomic mass is 79.9. The Bertz CT molecular complexity index is 164. The van der Waals surface area contributed by atoms with Gasteiger partial charge in [0.1, 0.15) is 0 Å². The molecule has 0 saturated carbocycles. The summed E-state index contributed by atoms with van der Waals surface area (Å²) in [6.45, 7) is 0. The Hall–Kier alpha value is 0.350. The Kier molecular flexibility index (Phi) is 3.49. The van der Waals surface area contributed by atoms with Crippen molar-refractivity contribution in [2.24, 2.45) is 0 Å². The maximum absolute atomic E-state index is 11.9. The molecule has 0 N–H and O–H groups in total. The van der Waals surface area contributed by atoms with Crippen LogP contribution in [0.5, 0.6) is 0 Å². The largest absolute Gasteiger partial charge is 0.410 e. The molecule has 0 aromatic heterocycles. The molecule has 0 aliphatic rings. The highest BCUT2D eigenvalue weighted by molar-refractivity contribution is 9.14. The average molecular weight is 304 g/mol. The van der Waals surface area contributed by atoms with E-state index in [9.17, 15) is 22.0 Å². The van der Waals surface area contributed by atoms with Gasteiger partial charge in [-0.1, -0.05) is 0 Å². The van der Waals surface area contributed by atoms with Crippen LogP contribution in [0.2, 0.25) is 0 Å². The minimum atomic E-state index is -4.74. The van der Waals surface area contributed by atoms with Gasteiger partial charge in [-0.2, -0.15) is 22.0 Å². The van der Waals surface area contributed by atoms with Gasteiger partial charge >= 0.3 is 11.0 Å². The van der Waals surface area contributed by atoms with Gasteiger partial charge in [0.05, 0.1) is 4.48 Å². The number of hydrogen-bond acceptors (Lipinski definition) is 0. The van der Waals surface area contributed by atoms with Crippen LogP contribution < -0.4 is 0 Å². The summed E-state index contributed by atoms with van der Waals surface area (Å²) in [5.41, 5.74) is 0. The lowest BCUT2D eigenvalue weighted by atomic mass is 10.5. The summed E-state index contributed by atoms with van der Waals surface area (Å²) in [5, 5.41) is 0. The Morgan fingerprint density at radius 2 is 1.45 bits per heavy atom. The van der Waals surface area contributed by atoms with Crippen LogP contribution in [0.4, 0.5) is 22.0 Å². The summed E-state index contributed by atoms with van der Waals surface area (Å²) in [5.74, 6) is 0. The van der Waals surface area contributed by atoms with Crippen LogP contribution >= 0.6 is 31.9 Å². The molecule has 0 unspecified atom stereocenters. The maximum Gasteiger partial charge on any atom is 0.410 e. The third kappa shape index (κ3) is 5.60. The smallest absolute Gasteiger partial charge is 0.188 e. The Morgan fingerprint density at radius 1 is 1.09 bits per heavy atom. The molecule has 66 valence electrons. The molecule has 0 rings (SSSR count). The Labute approximate surface area is 75.7 Å². The molecule has 0 heterocycles. The normalized spacial score (nSPS) is 15.4. The topological polar surface area (TPSA) is 0 Å². The van der Waals surface area contributed by atoms with E-state index in [0.717, 1.165) is 0 Å². The van der Waals surface area contributed by atoms with E-state index >= 15 is 0 Å². The molecule has 11 heavy (non-hydrogen) atoms. The lowest BCUT2D eigenvalue weighted by Gasteiger charge is -2.07. The van der Waals surface area contributed by atoms with E-state index in [1.807, 2.05) is 0 Å². The highest BCUT2D eigenvalue weighted by Crippen LogP contribution is 2.37. The molecule has 0 aromatic carbocycles. The van der Waals surface area contributed by atoms with Gasteiger partial charge in [0, 0.05) is 6.08 Å². The van der Waals surface area contributed by atoms with Crippen molar-refractivity contribution in [2.45, 2.75) is 11.0 Å². The fourth-order valence-corrected chi connectivity index (χ4v) is 0.600. The second kappa shape index (κ2) is 3.38. The van der Waals surface area contributed by atoms with E-state index in [4.69, 9.17) is 0 Å². The van der Waals surface area contributed by atoms with Crippen molar-refractivity contribution in [1.82, 2.24) is 0 Å². The van der Waals surface area contributed by atoms with Crippen LogP contribution in [-0.2, 0) is 0 Å². The van der Waals surface area contributed by atoms with E-state index < -0.39 is 21.6 Å². The molecule has 0 aliphatic carbocycles. The second-order valence-electron chi connectivity index (χ2n) is 1.53. The quantitative estimate of drug-likeness (QED) is 0.510. The fourth-order valence-electron chi connectivity index (χ4n) is 0.226. The van der Waals surface area contributed by atoms with E-state index in [1.54, 1.807) is 15.9 Å². The zero-order valence-electron chi connectivity index (χ0n) is 4.72. The molecule has 0 saturated heterocycles. The molecule has 0 bridgehead atoms.